The average Bonchev–Trinajstić information content (AvgIpc) is 3.66. The summed E-state index contributed by atoms with van der Waals surface area (Å²) in [7, 11) is 0.475. The maximum absolute atomic E-state index is 13.4. The van der Waals surface area contributed by atoms with Gasteiger partial charge in [-0.1, -0.05) is 39.8 Å². The van der Waals surface area contributed by atoms with E-state index < -0.39 is 20.3 Å². The topological polar surface area (TPSA) is 143 Å². The largest absolute Gasteiger partial charge is 0.378 e. The number of aryl methyl sites for hydroxylation is 1. The molecule has 1 saturated carbocycles. The molecule has 2 fully saturated rings. The third kappa shape index (κ3) is 5.93. The van der Waals surface area contributed by atoms with Crippen molar-refractivity contribution in [3.8, 4) is 6.07 Å². The van der Waals surface area contributed by atoms with E-state index in [4.69, 9.17) is 15.7 Å². The number of carbonyl (C=O) groups excluding carboxylic acids is 2. The van der Waals surface area contributed by atoms with E-state index in [0.29, 0.717) is 56.1 Å². The number of amides is 2. The number of carbonyl (C=O) groups is 2. The minimum absolute atomic E-state index is 0.192. The van der Waals surface area contributed by atoms with Crippen molar-refractivity contribution < 1.29 is 18.5 Å². The summed E-state index contributed by atoms with van der Waals surface area (Å²) >= 11 is 0. The van der Waals surface area contributed by atoms with Crippen molar-refractivity contribution in [1.82, 2.24) is 20.0 Å². The lowest BCUT2D eigenvalue weighted by atomic mass is 10.0. The molecule has 2 aliphatic heterocycles. The Balaban J connectivity index is 0.00000100. The van der Waals surface area contributed by atoms with Crippen LogP contribution in [-0.2, 0) is 35.5 Å². The van der Waals surface area contributed by atoms with Crippen LogP contribution in [0.15, 0.2) is 24.3 Å². The molecule has 1 aliphatic carbocycles. The summed E-state index contributed by atoms with van der Waals surface area (Å²) in [6.45, 7) is 10.2. The van der Waals surface area contributed by atoms with Crippen LogP contribution in [0.1, 0.15) is 78.2 Å². The summed E-state index contributed by atoms with van der Waals surface area (Å²) < 4.78 is 19.2. The molecule has 5 rings (SSSR count). The summed E-state index contributed by atoms with van der Waals surface area (Å²) in [5.74, 6) is -0.538. The molecule has 11 heteroatoms. The number of hydrogen-bond acceptors (Lipinski definition) is 7. The number of nitrogens with one attached hydrogen (secondary N) is 1. The molecule has 0 bridgehead atoms. The summed E-state index contributed by atoms with van der Waals surface area (Å²) in [6.07, 6.45) is 2.10. The van der Waals surface area contributed by atoms with Crippen LogP contribution in [0.4, 0.5) is 0 Å². The first-order valence-corrected chi connectivity index (χ1v) is 14.8. The number of rotatable bonds is 8. The third-order valence-electron chi connectivity index (χ3n) is 7.19. The van der Waals surface area contributed by atoms with E-state index in [1.807, 2.05) is 27.7 Å². The van der Waals surface area contributed by atoms with Crippen molar-refractivity contribution in [2.75, 3.05) is 32.8 Å². The molecule has 0 radical (unpaired) electrons. The zero-order chi connectivity index (χ0) is 28.8. The van der Waals surface area contributed by atoms with Crippen LogP contribution in [0, 0.1) is 11.3 Å². The van der Waals surface area contributed by atoms with Crippen LogP contribution >= 0.6 is 0 Å². The van der Waals surface area contributed by atoms with Gasteiger partial charge in [-0.3, -0.25) is 18.5 Å². The van der Waals surface area contributed by atoms with E-state index in [9.17, 15) is 13.8 Å². The molecule has 1 aromatic carbocycles. The fraction of sp³-hybridized carbons (Fsp3) is 0.571. The Morgan fingerprint density at radius 2 is 1.82 bits per heavy atom. The van der Waals surface area contributed by atoms with Gasteiger partial charge in [0.2, 0.25) is 0 Å². The van der Waals surface area contributed by atoms with Crippen molar-refractivity contribution >= 4 is 22.6 Å². The van der Waals surface area contributed by atoms with Gasteiger partial charge in [-0.25, -0.2) is 0 Å². The Morgan fingerprint density at radius 1 is 1.18 bits per heavy atom. The molecule has 3 aliphatic rings. The van der Waals surface area contributed by atoms with Crippen LogP contribution in [0.2, 0.25) is 0 Å². The molecular formula is C28H40N6O4S. The van der Waals surface area contributed by atoms with Gasteiger partial charge < -0.3 is 20.7 Å². The quantitative estimate of drug-likeness (QED) is 0.508. The minimum Gasteiger partial charge on any atom is -0.378 e. The van der Waals surface area contributed by atoms with Gasteiger partial charge in [0, 0.05) is 49.6 Å². The van der Waals surface area contributed by atoms with Gasteiger partial charge in [-0.05, 0) is 37.0 Å². The molecule has 2 amide bonds. The molecule has 10 nitrogen and oxygen atoms in total. The second-order valence-electron chi connectivity index (χ2n) is 9.60. The molecule has 39 heavy (non-hydrogen) atoms. The smallest absolute Gasteiger partial charge is 0.272 e. The van der Waals surface area contributed by atoms with E-state index in [-0.39, 0.29) is 24.1 Å². The highest BCUT2D eigenvalue weighted by Gasteiger charge is 2.59. The van der Waals surface area contributed by atoms with Crippen molar-refractivity contribution in [1.29, 1.82) is 5.26 Å². The molecule has 2 aromatic rings. The molecule has 1 saturated heterocycles. The van der Waals surface area contributed by atoms with E-state index in [0.717, 1.165) is 18.4 Å². The van der Waals surface area contributed by atoms with Crippen LogP contribution < -0.4 is 11.1 Å². The second kappa shape index (κ2) is 12.9. The minimum atomic E-state index is -1.19. The normalized spacial score (nSPS) is 18.6. The van der Waals surface area contributed by atoms with E-state index in [1.54, 1.807) is 36.2 Å². The Labute approximate surface area is 233 Å². The molecule has 1 atom stereocenters. The molecule has 3 heterocycles. The summed E-state index contributed by atoms with van der Waals surface area (Å²) in [5, 5.41) is 16.1. The average molecular weight is 557 g/mol. The highest BCUT2D eigenvalue weighted by Crippen LogP contribution is 2.48. The SMILES string of the molecule is CC.CC.Cn1nc(C(=O)NCc2ccc(C#N)cc2)c2c1C(=O)N(CC1(S(=O)C3(CN)COC3)CC1)CC2. The van der Waals surface area contributed by atoms with Crippen molar-refractivity contribution in [2.45, 2.75) is 63.0 Å². The Morgan fingerprint density at radius 3 is 2.33 bits per heavy atom. The number of nitrogens with two attached hydrogens (primary N) is 1. The van der Waals surface area contributed by atoms with E-state index in [1.165, 1.54) is 4.68 Å². The van der Waals surface area contributed by atoms with Gasteiger partial charge >= 0.3 is 0 Å². The van der Waals surface area contributed by atoms with E-state index in [2.05, 4.69) is 16.5 Å². The first-order chi connectivity index (χ1) is 18.8. The first-order valence-electron chi connectivity index (χ1n) is 13.6. The maximum Gasteiger partial charge on any atom is 0.272 e. The van der Waals surface area contributed by atoms with Gasteiger partial charge in [0.1, 0.15) is 10.4 Å². The third-order valence-corrected chi connectivity index (χ3v) is 9.71. The van der Waals surface area contributed by atoms with Crippen molar-refractivity contribution in [3.63, 3.8) is 0 Å². The monoisotopic (exact) mass is 556 g/mol. The summed E-state index contributed by atoms with van der Waals surface area (Å²) in [5.41, 5.74) is 8.64. The van der Waals surface area contributed by atoms with Gasteiger partial charge in [0.15, 0.2) is 5.69 Å². The number of hydrogen-bond donors (Lipinski definition) is 2. The highest BCUT2D eigenvalue weighted by molar-refractivity contribution is 7.88. The number of ether oxygens (including phenoxy) is 1. The second-order valence-corrected chi connectivity index (χ2v) is 11.9. The predicted octanol–water partition coefficient (Wildman–Crippen LogP) is 2.28. The van der Waals surface area contributed by atoms with Gasteiger partial charge in [0.25, 0.3) is 11.8 Å². The molecule has 1 aromatic heterocycles. The lowest BCUT2D eigenvalue weighted by molar-refractivity contribution is -0.00750. The Hall–Kier alpha value is -3.07. The fourth-order valence-electron chi connectivity index (χ4n) is 4.85. The highest BCUT2D eigenvalue weighted by atomic mass is 32.2. The zero-order valence-electron chi connectivity index (χ0n) is 23.6. The standard InChI is InChI=1S/C24H28N6O4S.2C2H6/c1-29-20-18(19(28-29)21(31)27-11-17-4-2-16(10-25)3-5-17)6-9-30(22(20)32)13-23(7-8-23)35(33)24(12-26)14-34-15-24;2*1-2/h2-5H,6-9,11-15,26H2,1H3,(H,27,31);2*1-2H3. The van der Waals surface area contributed by atoms with Gasteiger partial charge in [-0.2, -0.15) is 10.4 Å². The zero-order valence-corrected chi connectivity index (χ0v) is 24.4. The van der Waals surface area contributed by atoms with Crippen LogP contribution in [0.25, 0.3) is 0 Å². The first kappa shape index (κ1) is 30.5. The lowest BCUT2D eigenvalue weighted by Crippen LogP contribution is -2.62. The molecular weight excluding hydrogens is 516 g/mol. The van der Waals surface area contributed by atoms with Gasteiger partial charge in [0.05, 0.1) is 29.6 Å². The predicted molar refractivity (Wildman–Crippen MR) is 151 cm³/mol. The number of aromatic nitrogens is 2. The number of fused-ring (bicyclic) bond motifs is 1. The number of benzene rings is 1. The summed E-state index contributed by atoms with van der Waals surface area (Å²) in [4.78, 5) is 28.0. The van der Waals surface area contributed by atoms with Crippen molar-refractivity contribution in [3.05, 3.63) is 52.3 Å². The molecule has 0 spiro atoms. The number of nitrogens with zero attached hydrogens (tertiary/aromatic N) is 4. The Kier molecular flexibility index (Phi) is 10.0. The van der Waals surface area contributed by atoms with Crippen molar-refractivity contribution in [2.24, 2.45) is 12.8 Å². The maximum atomic E-state index is 13.4. The van der Waals surface area contributed by atoms with Gasteiger partial charge in [-0.15, -0.1) is 0 Å². The van der Waals surface area contributed by atoms with Crippen LogP contribution in [0.5, 0.6) is 0 Å². The molecule has 212 valence electrons. The lowest BCUT2D eigenvalue weighted by Gasteiger charge is -2.43. The van der Waals surface area contributed by atoms with E-state index >= 15 is 0 Å². The molecule has 3 N–H and O–H groups in total. The van der Waals surface area contributed by atoms with Crippen LogP contribution in [-0.4, -0.2) is 73.0 Å². The summed E-state index contributed by atoms with van der Waals surface area (Å²) in [6, 6.07) is 9.04. The van der Waals surface area contributed by atoms with Crippen LogP contribution in [0.3, 0.4) is 0 Å². The number of nitriles is 1. The Bertz CT molecular complexity index is 1240. The fourth-order valence-corrected chi connectivity index (χ4v) is 7.04. The molecule has 1 unspecified atom stereocenters.